The second-order valence-electron chi connectivity index (χ2n) is 7.18. The molecule has 2 aromatic rings. The highest BCUT2D eigenvalue weighted by Gasteiger charge is 2.26. The van der Waals surface area contributed by atoms with Crippen LogP contribution in [0.4, 0.5) is 0 Å². The third-order valence-corrected chi connectivity index (χ3v) is 5.26. The summed E-state index contributed by atoms with van der Waals surface area (Å²) >= 11 is 0. The number of sulfonamides is 1. The van der Waals surface area contributed by atoms with Crippen LogP contribution in [0.3, 0.4) is 0 Å². The van der Waals surface area contributed by atoms with Crippen molar-refractivity contribution in [1.82, 2.24) is 10.0 Å². The summed E-state index contributed by atoms with van der Waals surface area (Å²) in [7, 11) is -1.20. The Morgan fingerprint density at radius 3 is 2.38 bits per heavy atom. The summed E-state index contributed by atoms with van der Waals surface area (Å²) in [5, 5.41) is 2.26. The molecule has 0 spiro atoms. The van der Waals surface area contributed by atoms with E-state index in [-0.39, 0.29) is 23.0 Å². The van der Waals surface area contributed by atoms with Crippen LogP contribution in [-0.2, 0) is 21.3 Å². The van der Waals surface area contributed by atoms with Gasteiger partial charge in [-0.2, -0.15) is 0 Å². The minimum absolute atomic E-state index is 0.0792. The van der Waals surface area contributed by atoms with E-state index in [2.05, 4.69) is 10.0 Å². The summed E-state index contributed by atoms with van der Waals surface area (Å²) in [6, 6.07) is 7.29. The lowest BCUT2D eigenvalue weighted by molar-refractivity contribution is 0.0597. The van der Waals surface area contributed by atoms with Crippen LogP contribution in [-0.4, -0.2) is 40.1 Å². The van der Waals surface area contributed by atoms with E-state index in [1.165, 1.54) is 32.4 Å². The van der Waals surface area contributed by atoms with Gasteiger partial charge in [-0.05, 0) is 50.6 Å². The normalized spacial score (nSPS) is 11.8. The van der Waals surface area contributed by atoms with E-state index in [0.717, 1.165) is 0 Å². The maximum atomic E-state index is 12.3. The van der Waals surface area contributed by atoms with Crippen LogP contribution in [0, 0.1) is 0 Å². The molecule has 1 aromatic heterocycles. The number of methoxy groups -OCH3 is 2. The van der Waals surface area contributed by atoms with Crippen molar-refractivity contribution in [3.8, 4) is 5.75 Å². The van der Waals surface area contributed by atoms with Crippen molar-refractivity contribution in [2.24, 2.45) is 0 Å². The van der Waals surface area contributed by atoms with Crippen LogP contribution >= 0.6 is 0 Å². The van der Waals surface area contributed by atoms with Gasteiger partial charge in [-0.3, -0.25) is 4.79 Å². The molecule has 2 N–H and O–H groups in total. The molecule has 0 atom stereocenters. The summed E-state index contributed by atoms with van der Waals surface area (Å²) in [5.74, 6) is -0.972. The van der Waals surface area contributed by atoms with Gasteiger partial charge in [0, 0.05) is 12.1 Å². The number of hydrogen-bond acceptors (Lipinski definition) is 7. The van der Waals surface area contributed by atoms with Gasteiger partial charge in [0.1, 0.15) is 11.3 Å². The predicted molar refractivity (Wildman–Crippen MR) is 104 cm³/mol. The molecule has 0 radical (unpaired) electrons. The lowest BCUT2D eigenvalue weighted by atomic mass is 10.1. The number of carbonyl (C=O) groups excluding carboxylic acids is 2. The number of amides is 1. The highest BCUT2D eigenvalue weighted by molar-refractivity contribution is 7.89. The highest BCUT2D eigenvalue weighted by atomic mass is 32.2. The van der Waals surface area contributed by atoms with Crippen molar-refractivity contribution in [3.63, 3.8) is 0 Å². The van der Waals surface area contributed by atoms with Crippen LogP contribution in [0.5, 0.6) is 5.75 Å². The summed E-state index contributed by atoms with van der Waals surface area (Å²) in [6.45, 7) is 5.16. The number of hydrogen-bond donors (Lipinski definition) is 2. The quantitative estimate of drug-likeness (QED) is 0.652. The van der Waals surface area contributed by atoms with E-state index >= 15 is 0 Å². The van der Waals surface area contributed by atoms with Crippen molar-refractivity contribution in [3.05, 3.63) is 47.2 Å². The maximum Gasteiger partial charge on any atom is 0.341 e. The van der Waals surface area contributed by atoms with Crippen molar-refractivity contribution in [1.29, 1.82) is 0 Å². The molecule has 10 heteroatoms. The van der Waals surface area contributed by atoms with Gasteiger partial charge in [-0.25, -0.2) is 17.9 Å². The summed E-state index contributed by atoms with van der Waals surface area (Å²) in [6.07, 6.45) is 0. The first-order valence-corrected chi connectivity index (χ1v) is 10.1. The van der Waals surface area contributed by atoms with Crippen molar-refractivity contribution < 1.29 is 31.9 Å². The van der Waals surface area contributed by atoms with Gasteiger partial charge in [0.25, 0.3) is 15.9 Å². The molecule has 0 unspecified atom stereocenters. The molecule has 0 saturated carbocycles. The number of ether oxygens (including phenoxy) is 2. The molecule has 0 aliphatic rings. The Labute approximate surface area is 169 Å². The molecule has 158 valence electrons. The van der Waals surface area contributed by atoms with E-state index in [1.54, 1.807) is 32.9 Å². The average molecular weight is 424 g/mol. The van der Waals surface area contributed by atoms with Gasteiger partial charge in [0.05, 0.1) is 14.2 Å². The first-order valence-electron chi connectivity index (χ1n) is 8.64. The van der Waals surface area contributed by atoms with E-state index in [1.807, 2.05) is 0 Å². The molecule has 9 nitrogen and oxygen atoms in total. The van der Waals surface area contributed by atoms with Crippen molar-refractivity contribution in [2.45, 2.75) is 37.9 Å². The van der Waals surface area contributed by atoms with Gasteiger partial charge < -0.3 is 19.2 Å². The summed E-state index contributed by atoms with van der Waals surface area (Å²) in [4.78, 5) is 24.1. The standard InChI is InChI=1S/C19H24N2O7S/c1-19(2,3)21-29(24,25)16-9-8-15(28-16)17(22)20-11-12-6-7-14(26-4)13(10-12)18(23)27-5/h6-10,21H,11H2,1-5H3,(H,20,22). The number of esters is 1. The highest BCUT2D eigenvalue weighted by Crippen LogP contribution is 2.21. The van der Waals surface area contributed by atoms with Crippen LogP contribution in [0.25, 0.3) is 0 Å². The fourth-order valence-electron chi connectivity index (χ4n) is 2.44. The summed E-state index contributed by atoms with van der Waals surface area (Å²) < 4.78 is 42.0. The predicted octanol–water partition coefficient (Wildman–Crippen LogP) is 2.08. The molecular weight excluding hydrogens is 400 g/mol. The number of carbonyl (C=O) groups is 2. The van der Waals surface area contributed by atoms with E-state index in [9.17, 15) is 18.0 Å². The molecule has 2 rings (SSSR count). The Balaban J connectivity index is 2.11. The monoisotopic (exact) mass is 424 g/mol. The third kappa shape index (κ3) is 5.81. The van der Waals surface area contributed by atoms with Gasteiger partial charge in [-0.1, -0.05) is 6.07 Å². The van der Waals surface area contributed by atoms with Gasteiger partial charge >= 0.3 is 5.97 Å². The van der Waals surface area contributed by atoms with Crippen LogP contribution in [0.2, 0.25) is 0 Å². The molecule has 0 aliphatic carbocycles. The first kappa shape index (κ1) is 22.4. The zero-order valence-electron chi connectivity index (χ0n) is 16.9. The summed E-state index contributed by atoms with van der Waals surface area (Å²) in [5.41, 5.74) is 0.148. The molecule has 0 bridgehead atoms. The Bertz CT molecular complexity index is 1000. The molecule has 0 aliphatic heterocycles. The third-order valence-electron chi connectivity index (χ3n) is 3.63. The Morgan fingerprint density at radius 1 is 1.10 bits per heavy atom. The maximum absolute atomic E-state index is 12.3. The lowest BCUT2D eigenvalue weighted by Gasteiger charge is -2.18. The molecule has 0 saturated heterocycles. The second-order valence-corrected chi connectivity index (χ2v) is 8.80. The average Bonchev–Trinajstić information content (AvgIpc) is 3.14. The first-order chi connectivity index (χ1) is 13.5. The molecule has 1 heterocycles. The smallest absolute Gasteiger partial charge is 0.341 e. The second kappa shape index (κ2) is 8.66. The Hall–Kier alpha value is -2.85. The van der Waals surface area contributed by atoms with Gasteiger partial charge in [0.15, 0.2) is 5.76 Å². The lowest BCUT2D eigenvalue weighted by Crippen LogP contribution is -2.40. The zero-order chi connectivity index (χ0) is 21.8. The van der Waals surface area contributed by atoms with Crippen molar-refractivity contribution in [2.75, 3.05) is 14.2 Å². The largest absolute Gasteiger partial charge is 0.496 e. The molecule has 29 heavy (non-hydrogen) atoms. The van der Waals surface area contributed by atoms with Gasteiger partial charge in [0.2, 0.25) is 5.09 Å². The Morgan fingerprint density at radius 2 is 1.79 bits per heavy atom. The van der Waals surface area contributed by atoms with E-state index < -0.39 is 27.4 Å². The van der Waals surface area contributed by atoms with E-state index in [4.69, 9.17) is 13.9 Å². The minimum Gasteiger partial charge on any atom is -0.496 e. The molecule has 1 aromatic carbocycles. The van der Waals surface area contributed by atoms with Gasteiger partial charge in [-0.15, -0.1) is 0 Å². The Kier molecular flexibility index (Phi) is 6.70. The topological polar surface area (TPSA) is 124 Å². The van der Waals surface area contributed by atoms with E-state index in [0.29, 0.717) is 11.3 Å². The van der Waals surface area contributed by atoms with Crippen LogP contribution in [0.1, 0.15) is 47.2 Å². The molecule has 0 fully saturated rings. The SMILES string of the molecule is COC(=O)c1cc(CNC(=O)c2ccc(S(=O)(=O)NC(C)(C)C)o2)ccc1OC. The number of nitrogens with one attached hydrogen (secondary N) is 2. The van der Waals surface area contributed by atoms with Crippen molar-refractivity contribution >= 4 is 21.9 Å². The molecule has 1 amide bonds. The number of benzene rings is 1. The zero-order valence-corrected chi connectivity index (χ0v) is 17.7. The fourth-order valence-corrected chi connectivity index (χ4v) is 3.80. The fraction of sp³-hybridized carbons (Fsp3) is 0.368. The molecular formula is C19H24N2O7S. The number of rotatable bonds is 7. The minimum atomic E-state index is -3.89. The van der Waals surface area contributed by atoms with Crippen LogP contribution in [0.15, 0.2) is 39.8 Å². The number of furan rings is 1. The van der Waals surface area contributed by atoms with Crippen LogP contribution < -0.4 is 14.8 Å².